The van der Waals surface area contributed by atoms with Crippen LogP contribution in [-0.2, 0) is 27.9 Å². The Morgan fingerprint density at radius 3 is 2.50 bits per heavy atom. The Bertz CT molecular complexity index is 922. The van der Waals surface area contributed by atoms with Gasteiger partial charge in [-0.15, -0.1) is 0 Å². The monoisotopic (exact) mass is 468 g/mol. The minimum absolute atomic E-state index is 0.0486. The van der Waals surface area contributed by atoms with Crippen LogP contribution in [0.2, 0.25) is 0 Å². The van der Waals surface area contributed by atoms with Crippen LogP contribution in [0.25, 0.3) is 0 Å². The van der Waals surface area contributed by atoms with Crippen LogP contribution in [-0.4, -0.2) is 53.4 Å². The quantitative estimate of drug-likeness (QED) is 0.652. The topological polar surface area (TPSA) is 75.5 Å². The third-order valence-electron chi connectivity index (χ3n) is 5.14. The highest BCUT2D eigenvalue weighted by molar-refractivity contribution is 9.10. The number of amides is 1. The van der Waals surface area contributed by atoms with Crippen molar-refractivity contribution in [3.63, 3.8) is 0 Å². The van der Waals surface area contributed by atoms with Crippen molar-refractivity contribution >= 4 is 31.9 Å². The van der Waals surface area contributed by atoms with E-state index in [4.69, 9.17) is 0 Å². The zero-order chi connectivity index (χ0) is 20.3. The van der Waals surface area contributed by atoms with Gasteiger partial charge in [0.15, 0.2) is 0 Å². The summed E-state index contributed by atoms with van der Waals surface area (Å²) in [5.74, 6) is -0.114. The summed E-state index contributed by atoms with van der Waals surface area (Å²) in [5.41, 5.74) is 0.961. The van der Waals surface area contributed by atoms with E-state index >= 15 is 0 Å². The van der Waals surface area contributed by atoms with Crippen molar-refractivity contribution in [2.45, 2.75) is 37.8 Å². The van der Waals surface area contributed by atoms with Gasteiger partial charge in [0.25, 0.3) is 0 Å². The highest BCUT2D eigenvalue weighted by atomic mass is 79.9. The Hall–Kier alpha value is -1.71. The number of halogens is 1. The van der Waals surface area contributed by atoms with Gasteiger partial charge in [0.1, 0.15) is 0 Å². The minimum atomic E-state index is -3.50. The smallest absolute Gasteiger partial charge is 0.243 e. The van der Waals surface area contributed by atoms with Crippen molar-refractivity contribution in [1.82, 2.24) is 19.0 Å². The molecule has 7 nitrogen and oxygen atoms in total. The van der Waals surface area contributed by atoms with Crippen LogP contribution in [0.5, 0.6) is 0 Å². The lowest BCUT2D eigenvalue weighted by Crippen LogP contribution is -2.43. The number of hydrogen-bond acceptors (Lipinski definition) is 4. The van der Waals surface area contributed by atoms with Gasteiger partial charge in [0.2, 0.25) is 15.9 Å². The number of carbonyl (C=O) groups is 1. The average Bonchev–Trinajstić information content (AvgIpc) is 3.07. The predicted molar refractivity (Wildman–Crippen MR) is 110 cm³/mol. The highest BCUT2D eigenvalue weighted by Gasteiger charge is 2.33. The maximum Gasteiger partial charge on any atom is 0.243 e. The second-order valence-electron chi connectivity index (χ2n) is 6.94. The summed E-state index contributed by atoms with van der Waals surface area (Å²) in [6.07, 6.45) is 2.80. The molecule has 2 heterocycles. The van der Waals surface area contributed by atoms with E-state index in [0.717, 1.165) is 16.7 Å². The summed E-state index contributed by atoms with van der Waals surface area (Å²) in [4.78, 5) is 14.9. The number of carbonyl (C=O) groups excluding carboxylic acids is 1. The molecule has 0 spiro atoms. The van der Waals surface area contributed by atoms with Crippen molar-refractivity contribution in [1.29, 1.82) is 0 Å². The van der Waals surface area contributed by atoms with Gasteiger partial charge in [-0.25, -0.2) is 8.42 Å². The first-order chi connectivity index (χ1) is 13.3. The molecule has 152 valence electrons. The second kappa shape index (κ2) is 8.75. The SMILES string of the molecule is CCn1ncc(Br)c1CN(C)C(=O)C1CCN(S(=O)(=O)c2ccccc2)CC1. The Morgan fingerprint density at radius 1 is 1.25 bits per heavy atom. The van der Waals surface area contributed by atoms with Crippen LogP contribution < -0.4 is 0 Å². The number of aromatic nitrogens is 2. The first-order valence-corrected chi connectivity index (χ1v) is 11.6. The summed E-state index contributed by atoms with van der Waals surface area (Å²) in [7, 11) is -1.71. The molecule has 2 aromatic rings. The van der Waals surface area contributed by atoms with Crippen molar-refractivity contribution in [3.8, 4) is 0 Å². The molecular weight excluding hydrogens is 444 g/mol. The lowest BCUT2D eigenvalue weighted by atomic mass is 9.96. The Kier molecular flexibility index (Phi) is 6.57. The van der Waals surface area contributed by atoms with Crippen molar-refractivity contribution in [2.75, 3.05) is 20.1 Å². The first-order valence-electron chi connectivity index (χ1n) is 9.35. The zero-order valence-electron chi connectivity index (χ0n) is 16.1. The largest absolute Gasteiger partial charge is 0.340 e. The van der Waals surface area contributed by atoms with Gasteiger partial charge in [-0.2, -0.15) is 9.40 Å². The van der Waals surface area contributed by atoms with Crippen LogP contribution in [0.15, 0.2) is 45.9 Å². The van der Waals surface area contributed by atoms with E-state index < -0.39 is 10.0 Å². The van der Waals surface area contributed by atoms with E-state index in [0.29, 0.717) is 37.4 Å². The number of rotatable bonds is 6. The van der Waals surface area contributed by atoms with E-state index in [1.54, 1.807) is 48.5 Å². The number of hydrogen-bond donors (Lipinski definition) is 0. The third kappa shape index (κ3) is 4.31. The molecule has 0 aliphatic carbocycles. The maximum absolute atomic E-state index is 12.9. The van der Waals surface area contributed by atoms with Crippen molar-refractivity contribution in [3.05, 3.63) is 46.7 Å². The summed E-state index contributed by atoms with van der Waals surface area (Å²) in [5, 5.41) is 4.28. The molecule has 0 N–H and O–H groups in total. The normalized spacial score (nSPS) is 16.2. The van der Waals surface area contributed by atoms with Crippen LogP contribution in [0.3, 0.4) is 0 Å². The molecule has 0 atom stereocenters. The molecule has 1 saturated heterocycles. The molecule has 3 rings (SSSR count). The molecule has 1 aliphatic rings. The number of piperidine rings is 1. The van der Waals surface area contributed by atoms with Gasteiger partial charge in [0.05, 0.1) is 27.8 Å². The number of aryl methyl sites for hydroxylation is 1. The van der Waals surface area contributed by atoms with E-state index in [1.807, 2.05) is 11.6 Å². The lowest BCUT2D eigenvalue weighted by Gasteiger charge is -2.32. The van der Waals surface area contributed by atoms with Gasteiger partial charge >= 0.3 is 0 Å². The Labute approximate surface area is 174 Å². The fourth-order valence-corrected chi connectivity index (χ4v) is 5.43. The van der Waals surface area contributed by atoms with E-state index in [1.165, 1.54) is 4.31 Å². The molecule has 1 fully saturated rings. The summed E-state index contributed by atoms with van der Waals surface area (Å²) in [6, 6.07) is 8.45. The zero-order valence-corrected chi connectivity index (χ0v) is 18.5. The van der Waals surface area contributed by atoms with Crippen LogP contribution in [0, 0.1) is 5.92 Å². The van der Waals surface area contributed by atoms with E-state index in [-0.39, 0.29) is 11.8 Å². The predicted octanol–water partition coefficient (Wildman–Crippen LogP) is 2.72. The molecule has 0 unspecified atom stereocenters. The van der Waals surface area contributed by atoms with Crippen LogP contribution in [0.1, 0.15) is 25.5 Å². The standard InChI is InChI=1S/C19H25BrN4O3S/c1-3-24-18(17(20)13-21-24)14-22(2)19(25)15-9-11-23(12-10-15)28(26,27)16-7-5-4-6-8-16/h4-8,13,15H,3,9-12,14H2,1-2H3. The van der Waals surface area contributed by atoms with Gasteiger partial charge in [-0.3, -0.25) is 9.48 Å². The molecule has 9 heteroatoms. The molecule has 1 aliphatic heterocycles. The molecule has 0 radical (unpaired) electrons. The number of benzene rings is 1. The average molecular weight is 469 g/mol. The number of sulfonamides is 1. The van der Waals surface area contributed by atoms with Gasteiger partial charge in [0, 0.05) is 32.6 Å². The fourth-order valence-electron chi connectivity index (χ4n) is 3.52. The highest BCUT2D eigenvalue weighted by Crippen LogP contribution is 2.26. The Balaban J connectivity index is 1.61. The third-order valence-corrected chi connectivity index (χ3v) is 7.72. The van der Waals surface area contributed by atoms with Crippen molar-refractivity contribution < 1.29 is 13.2 Å². The molecule has 1 aromatic carbocycles. The first kappa shape index (κ1) is 21.0. The summed E-state index contributed by atoms with van der Waals surface area (Å²) in [6.45, 7) is 3.93. The lowest BCUT2D eigenvalue weighted by molar-refractivity contribution is -0.136. The summed E-state index contributed by atoms with van der Waals surface area (Å²) < 4.78 is 29.7. The molecule has 0 bridgehead atoms. The Morgan fingerprint density at radius 2 is 1.89 bits per heavy atom. The maximum atomic E-state index is 12.9. The second-order valence-corrected chi connectivity index (χ2v) is 9.73. The minimum Gasteiger partial charge on any atom is -0.340 e. The van der Waals surface area contributed by atoms with Gasteiger partial charge in [-0.1, -0.05) is 18.2 Å². The fraction of sp³-hybridized carbons (Fsp3) is 0.474. The van der Waals surface area contributed by atoms with Gasteiger partial charge in [-0.05, 0) is 47.8 Å². The molecular formula is C19H25BrN4O3S. The van der Waals surface area contributed by atoms with Gasteiger partial charge < -0.3 is 4.90 Å². The molecule has 28 heavy (non-hydrogen) atoms. The van der Waals surface area contributed by atoms with E-state index in [2.05, 4.69) is 21.0 Å². The number of nitrogens with zero attached hydrogens (tertiary/aromatic N) is 4. The molecule has 1 aromatic heterocycles. The molecule has 1 amide bonds. The molecule has 0 saturated carbocycles. The van der Waals surface area contributed by atoms with Crippen LogP contribution >= 0.6 is 15.9 Å². The van der Waals surface area contributed by atoms with Crippen molar-refractivity contribution in [2.24, 2.45) is 5.92 Å². The summed E-state index contributed by atoms with van der Waals surface area (Å²) >= 11 is 3.49. The van der Waals surface area contributed by atoms with Crippen LogP contribution in [0.4, 0.5) is 0 Å². The van der Waals surface area contributed by atoms with E-state index in [9.17, 15) is 13.2 Å².